The van der Waals surface area contributed by atoms with E-state index >= 15 is 0 Å². The highest BCUT2D eigenvalue weighted by atomic mass is 32.1. The molecule has 5 aromatic rings. The number of thiazole rings is 1. The predicted molar refractivity (Wildman–Crippen MR) is 169 cm³/mol. The Morgan fingerprint density at radius 1 is 0.905 bits per heavy atom. The number of hydrogen-bond acceptors (Lipinski definition) is 9. The first kappa shape index (κ1) is 26.7. The first-order chi connectivity index (χ1) is 20.6. The van der Waals surface area contributed by atoms with Gasteiger partial charge in [-0.15, -0.1) is 11.3 Å². The van der Waals surface area contributed by atoms with E-state index in [0.29, 0.717) is 39.9 Å². The zero-order chi connectivity index (χ0) is 28.5. The van der Waals surface area contributed by atoms with E-state index in [1.54, 1.807) is 17.0 Å². The number of hydrogen-bond donors (Lipinski definition) is 2. The summed E-state index contributed by atoms with van der Waals surface area (Å²) >= 11 is 1.39. The van der Waals surface area contributed by atoms with Gasteiger partial charge in [0.25, 0.3) is 5.56 Å². The lowest BCUT2D eigenvalue weighted by molar-refractivity contribution is 0.264. The standard InChI is InChI=1S/C32H34N8OS/c1-39-15-12-26(13-16-39)36-24-7-9-25(10-8-24)37-31-35-20-23-18-27(28-11-6-22(19-34-28)21-4-2-3-5-21)30(41)40(29(23)38-31)32-33-14-17-42-32/h6-11,14,17-21,26,36H,2-5,12-13,15-16H2,1H3,(H,35,37,38). The fourth-order valence-electron chi connectivity index (χ4n) is 6.08. The van der Waals surface area contributed by atoms with Crippen LogP contribution in [0, 0.1) is 0 Å². The normalized spacial score (nSPS) is 16.7. The molecule has 1 aliphatic heterocycles. The predicted octanol–water partition coefficient (Wildman–Crippen LogP) is 6.21. The van der Waals surface area contributed by atoms with Crippen molar-refractivity contribution in [1.82, 2.24) is 29.4 Å². The number of likely N-dealkylation sites (tertiary alicyclic amines) is 1. The van der Waals surface area contributed by atoms with Crippen molar-refractivity contribution in [3.8, 4) is 16.4 Å². The molecule has 0 amide bonds. The summed E-state index contributed by atoms with van der Waals surface area (Å²) in [7, 11) is 2.17. The molecule has 1 saturated carbocycles. The van der Waals surface area contributed by atoms with Gasteiger partial charge in [0.2, 0.25) is 5.95 Å². The van der Waals surface area contributed by atoms with Crippen LogP contribution in [0.3, 0.4) is 0 Å². The quantitative estimate of drug-likeness (QED) is 0.235. The van der Waals surface area contributed by atoms with E-state index < -0.39 is 0 Å². The van der Waals surface area contributed by atoms with Crippen LogP contribution in [0.2, 0.25) is 0 Å². The number of anilines is 3. The third kappa shape index (κ3) is 5.52. The maximum atomic E-state index is 13.9. The molecular weight excluding hydrogens is 544 g/mol. The van der Waals surface area contributed by atoms with Crippen molar-refractivity contribution in [3.05, 3.63) is 82.4 Å². The number of aromatic nitrogens is 5. The van der Waals surface area contributed by atoms with Gasteiger partial charge in [0.1, 0.15) is 0 Å². The van der Waals surface area contributed by atoms with Gasteiger partial charge >= 0.3 is 0 Å². The van der Waals surface area contributed by atoms with Crippen molar-refractivity contribution < 1.29 is 0 Å². The second kappa shape index (κ2) is 11.6. The number of rotatable bonds is 7. The van der Waals surface area contributed by atoms with Crippen molar-refractivity contribution in [1.29, 1.82) is 0 Å². The van der Waals surface area contributed by atoms with Gasteiger partial charge in [-0.25, -0.2) is 14.5 Å². The first-order valence-electron chi connectivity index (χ1n) is 14.7. The molecule has 2 fully saturated rings. The molecule has 10 heteroatoms. The minimum absolute atomic E-state index is 0.201. The molecule has 2 N–H and O–H groups in total. The lowest BCUT2D eigenvalue weighted by Gasteiger charge is -2.30. The smallest absolute Gasteiger partial charge is 0.268 e. The molecule has 214 valence electrons. The van der Waals surface area contributed by atoms with Crippen molar-refractivity contribution >= 4 is 39.7 Å². The van der Waals surface area contributed by atoms with Crippen LogP contribution in [0.5, 0.6) is 0 Å². The van der Waals surface area contributed by atoms with Gasteiger partial charge in [-0.3, -0.25) is 9.78 Å². The summed E-state index contributed by atoms with van der Waals surface area (Å²) in [5, 5.41) is 10.1. The van der Waals surface area contributed by atoms with Crippen molar-refractivity contribution in [2.24, 2.45) is 0 Å². The Kier molecular flexibility index (Phi) is 7.39. The Morgan fingerprint density at radius 2 is 1.69 bits per heavy atom. The topological polar surface area (TPSA) is 101 Å². The monoisotopic (exact) mass is 578 g/mol. The second-order valence-corrected chi connectivity index (χ2v) is 12.2. The van der Waals surface area contributed by atoms with E-state index in [0.717, 1.165) is 42.7 Å². The highest BCUT2D eigenvalue weighted by Crippen LogP contribution is 2.34. The number of piperidine rings is 1. The summed E-state index contributed by atoms with van der Waals surface area (Å²) in [6.45, 7) is 2.24. The van der Waals surface area contributed by atoms with E-state index in [4.69, 9.17) is 9.97 Å². The zero-order valence-corrected chi connectivity index (χ0v) is 24.5. The Morgan fingerprint density at radius 3 is 2.40 bits per heavy atom. The molecule has 9 nitrogen and oxygen atoms in total. The lowest BCUT2D eigenvalue weighted by Crippen LogP contribution is -2.36. The summed E-state index contributed by atoms with van der Waals surface area (Å²) in [6, 6.07) is 14.6. The summed E-state index contributed by atoms with van der Waals surface area (Å²) in [5.74, 6) is 0.983. The SMILES string of the molecule is CN1CCC(Nc2ccc(Nc3ncc4cc(-c5ccc(C6CCCC6)cn5)c(=O)n(-c5nccs5)c4n3)cc2)CC1. The van der Waals surface area contributed by atoms with Crippen molar-refractivity contribution in [3.63, 3.8) is 0 Å². The fourth-order valence-corrected chi connectivity index (χ4v) is 6.72. The summed E-state index contributed by atoms with van der Waals surface area (Å²) in [4.78, 5) is 34.8. The Bertz CT molecular complexity index is 1720. The average Bonchev–Trinajstić information content (AvgIpc) is 3.75. The molecule has 0 bridgehead atoms. The molecular formula is C32H34N8OS. The highest BCUT2D eigenvalue weighted by molar-refractivity contribution is 7.12. The maximum Gasteiger partial charge on any atom is 0.268 e. The molecule has 2 aliphatic rings. The van der Waals surface area contributed by atoms with Crippen LogP contribution in [0.15, 0.2) is 71.2 Å². The van der Waals surface area contributed by atoms with Crippen LogP contribution >= 0.6 is 11.3 Å². The number of pyridine rings is 2. The van der Waals surface area contributed by atoms with Crippen molar-refractivity contribution in [2.75, 3.05) is 30.8 Å². The van der Waals surface area contributed by atoms with Crippen LogP contribution in [0.25, 0.3) is 27.4 Å². The summed E-state index contributed by atoms with van der Waals surface area (Å²) in [5.41, 5.74) is 4.67. The maximum absolute atomic E-state index is 13.9. The fraction of sp³-hybridized carbons (Fsp3) is 0.344. The van der Waals surface area contributed by atoms with E-state index in [-0.39, 0.29) is 5.56 Å². The van der Waals surface area contributed by atoms with Gasteiger partial charge < -0.3 is 15.5 Å². The minimum Gasteiger partial charge on any atom is -0.382 e. The average molecular weight is 579 g/mol. The van der Waals surface area contributed by atoms with E-state index in [9.17, 15) is 4.79 Å². The number of fused-ring (bicyclic) bond motifs is 1. The minimum atomic E-state index is -0.201. The van der Waals surface area contributed by atoms with Gasteiger partial charge in [0.15, 0.2) is 10.8 Å². The second-order valence-electron chi connectivity index (χ2n) is 11.4. The van der Waals surface area contributed by atoms with Crippen LogP contribution in [-0.2, 0) is 0 Å². The molecule has 0 atom stereocenters. The van der Waals surface area contributed by atoms with Crippen LogP contribution < -0.4 is 16.2 Å². The molecule has 0 radical (unpaired) electrons. The van der Waals surface area contributed by atoms with Crippen LogP contribution in [0.1, 0.15) is 50.0 Å². The molecule has 4 aromatic heterocycles. The third-order valence-corrected chi connectivity index (χ3v) is 9.23. The van der Waals surface area contributed by atoms with E-state index in [1.807, 2.05) is 35.8 Å². The summed E-state index contributed by atoms with van der Waals surface area (Å²) in [6.07, 6.45) is 12.6. The van der Waals surface area contributed by atoms with Crippen LogP contribution in [0.4, 0.5) is 17.3 Å². The lowest BCUT2D eigenvalue weighted by atomic mass is 9.99. The molecule has 0 unspecified atom stereocenters. The third-order valence-electron chi connectivity index (χ3n) is 8.47. The zero-order valence-electron chi connectivity index (χ0n) is 23.7. The van der Waals surface area contributed by atoms with Gasteiger partial charge in [-0.1, -0.05) is 18.9 Å². The van der Waals surface area contributed by atoms with Gasteiger partial charge in [0, 0.05) is 46.8 Å². The highest BCUT2D eigenvalue weighted by Gasteiger charge is 2.20. The largest absolute Gasteiger partial charge is 0.382 e. The van der Waals surface area contributed by atoms with Gasteiger partial charge in [0.05, 0.1) is 11.3 Å². The number of benzene rings is 1. The Hall–Kier alpha value is -4.15. The molecule has 1 aliphatic carbocycles. The van der Waals surface area contributed by atoms with E-state index in [1.165, 1.54) is 42.6 Å². The Labute approximate surface area is 248 Å². The molecule has 0 spiro atoms. The molecule has 5 heterocycles. The van der Waals surface area contributed by atoms with Crippen molar-refractivity contribution in [2.45, 2.75) is 50.5 Å². The van der Waals surface area contributed by atoms with Gasteiger partial charge in [-0.2, -0.15) is 4.98 Å². The first-order valence-corrected chi connectivity index (χ1v) is 15.6. The molecule has 1 saturated heterocycles. The summed E-state index contributed by atoms with van der Waals surface area (Å²) < 4.78 is 1.57. The number of nitrogens with zero attached hydrogens (tertiary/aromatic N) is 6. The number of nitrogens with one attached hydrogen (secondary N) is 2. The van der Waals surface area contributed by atoms with Gasteiger partial charge in [-0.05, 0) is 93.7 Å². The Balaban J connectivity index is 1.17. The van der Waals surface area contributed by atoms with Crippen LogP contribution in [-0.4, -0.2) is 55.6 Å². The molecule has 7 rings (SSSR count). The molecule has 1 aromatic carbocycles. The van der Waals surface area contributed by atoms with E-state index in [2.05, 4.69) is 50.7 Å². The molecule has 42 heavy (non-hydrogen) atoms.